The van der Waals surface area contributed by atoms with Gasteiger partial charge in [-0.25, -0.2) is 0 Å². The van der Waals surface area contributed by atoms with Gasteiger partial charge in [-0.05, 0) is 32.1 Å². The van der Waals surface area contributed by atoms with Crippen molar-refractivity contribution in [2.45, 2.75) is 13.8 Å². The van der Waals surface area contributed by atoms with Gasteiger partial charge in [0.15, 0.2) is 0 Å². The standard InChI is InChI=1S/C22H27N3O4/c1-3-28-20-16-19(25-11-13-27-14-12-25)21(29-4-2)15-18(20)24-22(26)9-8-17-7-5-6-10-23-17/h5-10,15-16H,3-4,11-14H2,1-2H3,(H,24,26)/b9-8+. The Kier molecular flexibility index (Phi) is 7.47. The van der Waals surface area contributed by atoms with Crippen LogP contribution in [-0.4, -0.2) is 50.4 Å². The van der Waals surface area contributed by atoms with E-state index in [1.807, 2.05) is 44.2 Å². The van der Waals surface area contributed by atoms with Crippen molar-refractivity contribution in [3.63, 3.8) is 0 Å². The molecule has 0 radical (unpaired) electrons. The summed E-state index contributed by atoms with van der Waals surface area (Å²) in [6, 6.07) is 9.29. The molecule has 1 aromatic carbocycles. The summed E-state index contributed by atoms with van der Waals surface area (Å²) in [5.41, 5.74) is 2.23. The molecular formula is C22H27N3O4. The van der Waals surface area contributed by atoms with E-state index in [1.165, 1.54) is 6.08 Å². The van der Waals surface area contributed by atoms with Crippen LogP contribution in [0.5, 0.6) is 11.5 Å². The maximum absolute atomic E-state index is 12.4. The summed E-state index contributed by atoms with van der Waals surface area (Å²) in [4.78, 5) is 18.8. The summed E-state index contributed by atoms with van der Waals surface area (Å²) in [6.45, 7) is 7.78. The minimum atomic E-state index is -0.266. The van der Waals surface area contributed by atoms with Crippen molar-refractivity contribution in [2.24, 2.45) is 0 Å². The van der Waals surface area contributed by atoms with Crippen LogP contribution < -0.4 is 19.7 Å². The molecule has 1 aliphatic heterocycles. The van der Waals surface area contributed by atoms with E-state index < -0.39 is 0 Å². The van der Waals surface area contributed by atoms with Gasteiger partial charge in [0.2, 0.25) is 5.91 Å². The fourth-order valence-electron chi connectivity index (χ4n) is 3.05. The smallest absolute Gasteiger partial charge is 0.248 e. The number of morpholine rings is 1. The van der Waals surface area contributed by atoms with Gasteiger partial charge >= 0.3 is 0 Å². The second-order valence-electron chi connectivity index (χ2n) is 6.36. The van der Waals surface area contributed by atoms with E-state index in [2.05, 4.69) is 15.2 Å². The third-order valence-corrected chi connectivity index (χ3v) is 4.36. The number of nitrogens with zero attached hydrogens (tertiary/aromatic N) is 2. The van der Waals surface area contributed by atoms with E-state index in [1.54, 1.807) is 12.3 Å². The number of aromatic nitrogens is 1. The topological polar surface area (TPSA) is 72.9 Å². The Morgan fingerprint density at radius 1 is 1.17 bits per heavy atom. The van der Waals surface area contributed by atoms with Crippen LogP contribution in [0.1, 0.15) is 19.5 Å². The lowest BCUT2D eigenvalue weighted by Crippen LogP contribution is -2.36. The average molecular weight is 397 g/mol. The minimum Gasteiger partial charge on any atom is -0.492 e. The van der Waals surface area contributed by atoms with Gasteiger partial charge in [0.05, 0.1) is 43.5 Å². The third kappa shape index (κ3) is 5.71. The minimum absolute atomic E-state index is 0.266. The number of carbonyl (C=O) groups is 1. The third-order valence-electron chi connectivity index (χ3n) is 4.36. The van der Waals surface area contributed by atoms with Gasteiger partial charge in [0, 0.05) is 37.5 Å². The zero-order valence-corrected chi connectivity index (χ0v) is 16.9. The Labute approximate surface area is 171 Å². The first kappa shape index (κ1) is 20.7. The Morgan fingerprint density at radius 3 is 2.62 bits per heavy atom. The normalized spacial score (nSPS) is 14.1. The molecule has 2 aromatic rings. The van der Waals surface area contributed by atoms with Crippen LogP contribution in [0, 0.1) is 0 Å². The summed E-state index contributed by atoms with van der Waals surface area (Å²) >= 11 is 0. The highest BCUT2D eigenvalue weighted by atomic mass is 16.5. The second kappa shape index (κ2) is 10.5. The van der Waals surface area contributed by atoms with E-state index in [4.69, 9.17) is 14.2 Å². The molecule has 2 heterocycles. The van der Waals surface area contributed by atoms with Gasteiger partial charge in [0.1, 0.15) is 11.5 Å². The molecule has 7 heteroatoms. The fraction of sp³-hybridized carbons (Fsp3) is 0.364. The first-order chi connectivity index (χ1) is 14.2. The molecule has 7 nitrogen and oxygen atoms in total. The molecule has 154 valence electrons. The molecular weight excluding hydrogens is 370 g/mol. The van der Waals surface area contributed by atoms with Crippen LogP contribution in [0.4, 0.5) is 11.4 Å². The van der Waals surface area contributed by atoms with E-state index >= 15 is 0 Å². The number of carbonyl (C=O) groups excluding carboxylic acids is 1. The summed E-state index contributed by atoms with van der Waals surface area (Å²) in [7, 11) is 0. The summed E-state index contributed by atoms with van der Waals surface area (Å²) < 4.78 is 17.1. The van der Waals surface area contributed by atoms with E-state index in [0.717, 1.165) is 18.8 Å². The van der Waals surface area contributed by atoms with Crippen LogP contribution in [-0.2, 0) is 9.53 Å². The summed E-state index contributed by atoms with van der Waals surface area (Å²) in [5.74, 6) is 1.05. The number of pyridine rings is 1. The van der Waals surface area contributed by atoms with Crippen molar-refractivity contribution >= 4 is 23.4 Å². The Morgan fingerprint density at radius 2 is 1.93 bits per heavy atom. The predicted molar refractivity (Wildman–Crippen MR) is 114 cm³/mol. The van der Waals surface area contributed by atoms with Crippen LogP contribution >= 0.6 is 0 Å². The molecule has 0 spiro atoms. The SMILES string of the molecule is CCOc1cc(N2CCOCC2)c(OCC)cc1NC(=O)/C=C/c1ccccn1. The van der Waals surface area contributed by atoms with Gasteiger partial charge in [0.25, 0.3) is 0 Å². The number of ether oxygens (including phenoxy) is 3. The maximum Gasteiger partial charge on any atom is 0.248 e. The lowest BCUT2D eigenvalue weighted by molar-refractivity contribution is -0.111. The number of benzene rings is 1. The highest BCUT2D eigenvalue weighted by molar-refractivity contribution is 6.03. The lowest BCUT2D eigenvalue weighted by atomic mass is 10.2. The fourth-order valence-corrected chi connectivity index (χ4v) is 3.05. The molecule has 1 aromatic heterocycles. The quantitative estimate of drug-likeness (QED) is 0.689. The van der Waals surface area contributed by atoms with Crippen molar-refractivity contribution in [1.82, 2.24) is 4.98 Å². The highest BCUT2D eigenvalue weighted by Crippen LogP contribution is 2.39. The molecule has 0 saturated carbocycles. The molecule has 1 N–H and O–H groups in total. The van der Waals surface area contributed by atoms with Crippen LogP contribution in [0.15, 0.2) is 42.6 Å². The molecule has 29 heavy (non-hydrogen) atoms. The van der Waals surface area contributed by atoms with Crippen LogP contribution in [0.3, 0.4) is 0 Å². The number of rotatable bonds is 8. The first-order valence-corrected chi connectivity index (χ1v) is 9.87. The zero-order valence-electron chi connectivity index (χ0n) is 16.9. The predicted octanol–water partition coefficient (Wildman–Crippen LogP) is 3.37. The molecule has 0 aliphatic carbocycles. The first-order valence-electron chi connectivity index (χ1n) is 9.87. The van der Waals surface area contributed by atoms with E-state index in [-0.39, 0.29) is 5.91 Å². The van der Waals surface area contributed by atoms with Crippen LogP contribution in [0.25, 0.3) is 6.08 Å². The van der Waals surface area contributed by atoms with Gasteiger partial charge in [-0.1, -0.05) is 6.07 Å². The Bertz CT molecular complexity index is 833. The molecule has 0 unspecified atom stereocenters. The Balaban J connectivity index is 1.84. The van der Waals surface area contributed by atoms with Gasteiger partial charge in [-0.3, -0.25) is 9.78 Å². The lowest BCUT2D eigenvalue weighted by Gasteiger charge is -2.31. The van der Waals surface area contributed by atoms with Gasteiger partial charge in [-0.15, -0.1) is 0 Å². The molecule has 3 rings (SSSR count). The Hall–Kier alpha value is -3.06. The molecule has 0 atom stereocenters. The van der Waals surface area contributed by atoms with Gasteiger partial charge < -0.3 is 24.4 Å². The van der Waals surface area contributed by atoms with Crippen molar-refractivity contribution in [2.75, 3.05) is 49.7 Å². The van der Waals surface area contributed by atoms with Gasteiger partial charge in [-0.2, -0.15) is 0 Å². The number of anilines is 2. The summed E-state index contributed by atoms with van der Waals surface area (Å²) in [6.07, 6.45) is 4.80. The number of amides is 1. The van der Waals surface area contributed by atoms with Crippen molar-refractivity contribution in [3.05, 3.63) is 48.3 Å². The molecule has 1 saturated heterocycles. The monoisotopic (exact) mass is 397 g/mol. The molecule has 1 amide bonds. The molecule has 1 aliphatic rings. The van der Waals surface area contributed by atoms with E-state index in [0.29, 0.717) is 49.3 Å². The maximum atomic E-state index is 12.4. The number of hydrogen-bond acceptors (Lipinski definition) is 6. The van der Waals surface area contributed by atoms with Crippen molar-refractivity contribution in [3.8, 4) is 11.5 Å². The molecule has 0 bridgehead atoms. The van der Waals surface area contributed by atoms with Crippen LogP contribution in [0.2, 0.25) is 0 Å². The van der Waals surface area contributed by atoms with Crippen molar-refractivity contribution < 1.29 is 19.0 Å². The highest BCUT2D eigenvalue weighted by Gasteiger charge is 2.20. The zero-order chi connectivity index (χ0) is 20.5. The van der Waals surface area contributed by atoms with E-state index in [9.17, 15) is 4.79 Å². The second-order valence-corrected chi connectivity index (χ2v) is 6.36. The molecule has 1 fully saturated rings. The number of nitrogens with one attached hydrogen (secondary N) is 1. The average Bonchev–Trinajstić information content (AvgIpc) is 2.75. The number of hydrogen-bond donors (Lipinski definition) is 1. The van der Waals surface area contributed by atoms with Crippen molar-refractivity contribution in [1.29, 1.82) is 0 Å². The summed E-state index contributed by atoms with van der Waals surface area (Å²) in [5, 5.41) is 2.89. The largest absolute Gasteiger partial charge is 0.492 e.